The Morgan fingerprint density at radius 1 is 0.344 bits per heavy atom. The Balaban J connectivity index is 1.00. The van der Waals surface area contributed by atoms with Gasteiger partial charge in [0.2, 0.25) is 0 Å². The summed E-state index contributed by atoms with van der Waals surface area (Å²) in [6, 6.07) is 83.0. The fourth-order valence-electron chi connectivity index (χ4n) is 9.39. The van der Waals surface area contributed by atoms with Gasteiger partial charge in [0.1, 0.15) is 11.2 Å². The van der Waals surface area contributed by atoms with Gasteiger partial charge in [-0.3, -0.25) is 0 Å². The van der Waals surface area contributed by atoms with Gasteiger partial charge >= 0.3 is 0 Å². The second-order valence-corrected chi connectivity index (χ2v) is 15.7. The lowest BCUT2D eigenvalue weighted by atomic mass is 9.97. The molecule has 2 heterocycles. The number of rotatable bonds is 7. The molecule has 61 heavy (non-hydrogen) atoms. The molecule has 12 aromatic rings. The molecule has 0 saturated heterocycles. The van der Waals surface area contributed by atoms with Crippen LogP contribution in [0.15, 0.2) is 235 Å². The number of hydrogen-bond donors (Lipinski definition) is 0. The van der Waals surface area contributed by atoms with Gasteiger partial charge in [0.15, 0.2) is 0 Å². The monoisotopic (exact) mass is 778 g/mol. The van der Waals surface area contributed by atoms with Crippen molar-refractivity contribution in [2.24, 2.45) is 0 Å². The van der Waals surface area contributed by atoms with Crippen LogP contribution in [-0.2, 0) is 0 Å². The molecule has 2 aromatic heterocycles. The summed E-state index contributed by atoms with van der Waals surface area (Å²) in [6.07, 6.45) is 0. The van der Waals surface area contributed by atoms with Crippen LogP contribution in [0.3, 0.4) is 0 Å². The smallest absolute Gasteiger partial charge is 0.136 e. The van der Waals surface area contributed by atoms with Crippen molar-refractivity contribution < 1.29 is 4.42 Å². The van der Waals surface area contributed by atoms with Crippen LogP contribution in [0, 0.1) is 0 Å². The van der Waals surface area contributed by atoms with Crippen LogP contribution in [0.2, 0.25) is 0 Å². The molecule has 0 bridgehead atoms. The minimum Gasteiger partial charge on any atom is -0.456 e. The first kappa shape index (κ1) is 34.9. The highest BCUT2D eigenvalue weighted by Gasteiger charge is 2.20. The van der Waals surface area contributed by atoms with Crippen molar-refractivity contribution in [2.45, 2.75) is 0 Å². The molecule has 0 unspecified atom stereocenters. The number of para-hydroxylation sites is 5. The van der Waals surface area contributed by atoms with E-state index < -0.39 is 0 Å². The fourth-order valence-corrected chi connectivity index (χ4v) is 9.39. The summed E-state index contributed by atoms with van der Waals surface area (Å²) in [6.45, 7) is 0. The van der Waals surface area contributed by atoms with E-state index in [4.69, 9.17) is 4.42 Å². The van der Waals surface area contributed by atoms with Crippen LogP contribution in [0.25, 0.3) is 93.6 Å². The summed E-state index contributed by atoms with van der Waals surface area (Å²) in [4.78, 5) is 2.39. The lowest BCUT2D eigenvalue weighted by Crippen LogP contribution is -2.11. The molecule has 0 N–H and O–H groups in total. The summed E-state index contributed by atoms with van der Waals surface area (Å²) < 4.78 is 8.68. The Morgan fingerprint density at radius 3 is 1.61 bits per heavy atom. The maximum atomic E-state index is 6.27. The molecule has 0 radical (unpaired) electrons. The van der Waals surface area contributed by atoms with Gasteiger partial charge in [-0.2, -0.15) is 0 Å². The molecule has 3 nitrogen and oxygen atoms in total. The van der Waals surface area contributed by atoms with Crippen molar-refractivity contribution in [1.82, 2.24) is 4.57 Å². The third-order valence-electron chi connectivity index (χ3n) is 12.2. The van der Waals surface area contributed by atoms with Crippen molar-refractivity contribution in [2.75, 3.05) is 4.90 Å². The van der Waals surface area contributed by atoms with Crippen LogP contribution < -0.4 is 4.90 Å². The highest BCUT2D eigenvalue weighted by Crippen LogP contribution is 2.44. The molecule has 0 saturated carbocycles. The number of benzene rings is 10. The van der Waals surface area contributed by atoms with E-state index in [1.54, 1.807) is 0 Å². The summed E-state index contributed by atoms with van der Waals surface area (Å²) in [5.74, 6) is 0. The Morgan fingerprint density at radius 2 is 0.869 bits per heavy atom. The zero-order valence-corrected chi connectivity index (χ0v) is 33.2. The zero-order chi connectivity index (χ0) is 40.3. The molecule has 0 amide bonds. The van der Waals surface area contributed by atoms with Gasteiger partial charge in [0.05, 0.1) is 22.4 Å². The third kappa shape index (κ3) is 5.82. The topological polar surface area (TPSA) is 21.3 Å². The van der Waals surface area contributed by atoms with E-state index in [0.717, 1.165) is 66.9 Å². The van der Waals surface area contributed by atoms with Crippen LogP contribution in [0.5, 0.6) is 0 Å². The van der Waals surface area contributed by atoms with Crippen molar-refractivity contribution in [3.05, 3.63) is 231 Å². The van der Waals surface area contributed by atoms with Gasteiger partial charge < -0.3 is 13.9 Å². The first-order valence-electron chi connectivity index (χ1n) is 20.8. The number of fused-ring (bicyclic) bond motifs is 7. The van der Waals surface area contributed by atoms with Crippen molar-refractivity contribution >= 4 is 71.6 Å². The lowest BCUT2D eigenvalue weighted by Gasteiger charge is -2.28. The van der Waals surface area contributed by atoms with E-state index in [1.165, 1.54) is 43.7 Å². The second kappa shape index (κ2) is 14.3. The number of aromatic nitrogens is 1. The van der Waals surface area contributed by atoms with E-state index in [9.17, 15) is 0 Å². The molecule has 12 rings (SSSR count). The Kier molecular flexibility index (Phi) is 8.17. The molecule has 0 aliphatic rings. The van der Waals surface area contributed by atoms with Gasteiger partial charge in [0.25, 0.3) is 0 Å². The number of furan rings is 1. The first-order valence-corrected chi connectivity index (χ1v) is 20.8. The Hall–Kier alpha value is -8.14. The van der Waals surface area contributed by atoms with E-state index >= 15 is 0 Å². The number of anilines is 3. The average molecular weight is 779 g/mol. The number of nitrogens with zero attached hydrogens (tertiary/aromatic N) is 2. The Labute approximate surface area is 353 Å². The maximum Gasteiger partial charge on any atom is 0.136 e. The summed E-state index contributed by atoms with van der Waals surface area (Å²) in [7, 11) is 0. The Bertz CT molecular complexity index is 3540. The first-order chi connectivity index (χ1) is 30.3. The summed E-state index contributed by atoms with van der Waals surface area (Å²) in [5.41, 5.74) is 15.6. The summed E-state index contributed by atoms with van der Waals surface area (Å²) in [5, 5.41) is 7.23. The molecule has 10 aromatic carbocycles. The second-order valence-electron chi connectivity index (χ2n) is 15.7. The zero-order valence-electron chi connectivity index (χ0n) is 33.2. The largest absolute Gasteiger partial charge is 0.456 e. The molecular weight excluding hydrogens is 741 g/mol. The van der Waals surface area contributed by atoms with Crippen LogP contribution in [0.1, 0.15) is 0 Å². The standard InChI is InChI=1S/C58H38N2O/c1-2-15-42-38-43(29-28-39(42)14-1)47-17-4-8-22-52(47)59(45-36-32-41(33-37-45)48-21-13-27-57-58(48)51-20-7-12-26-56(51)61-57)44-34-30-40(31-35-44)46-16-3-9-23-53(46)60-54-24-10-5-18-49(54)50-19-6-11-25-55(50)60/h1-38H. The van der Waals surface area contributed by atoms with Gasteiger partial charge in [0, 0.05) is 44.0 Å². The molecule has 0 atom stereocenters. The predicted molar refractivity (Wildman–Crippen MR) is 257 cm³/mol. The van der Waals surface area contributed by atoms with E-state index in [2.05, 4.69) is 228 Å². The predicted octanol–water partition coefficient (Wildman–Crippen LogP) is 16.3. The van der Waals surface area contributed by atoms with Crippen LogP contribution >= 0.6 is 0 Å². The molecule has 0 spiro atoms. The van der Waals surface area contributed by atoms with Gasteiger partial charge in [-0.25, -0.2) is 0 Å². The minimum absolute atomic E-state index is 0.897. The van der Waals surface area contributed by atoms with Gasteiger partial charge in [-0.15, -0.1) is 0 Å². The quantitative estimate of drug-likeness (QED) is 0.161. The van der Waals surface area contributed by atoms with E-state index in [1.807, 2.05) is 12.1 Å². The maximum absolute atomic E-state index is 6.27. The van der Waals surface area contributed by atoms with Gasteiger partial charge in [-0.1, -0.05) is 164 Å². The molecule has 0 aliphatic heterocycles. The minimum atomic E-state index is 0.897. The molecule has 286 valence electrons. The third-order valence-corrected chi connectivity index (χ3v) is 12.2. The highest BCUT2D eigenvalue weighted by atomic mass is 16.3. The summed E-state index contributed by atoms with van der Waals surface area (Å²) >= 11 is 0. The number of hydrogen-bond acceptors (Lipinski definition) is 2. The lowest BCUT2D eigenvalue weighted by molar-refractivity contribution is 0.669. The van der Waals surface area contributed by atoms with Crippen molar-refractivity contribution in [1.29, 1.82) is 0 Å². The van der Waals surface area contributed by atoms with Gasteiger partial charge in [-0.05, 0) is 99.8 Å². The van der Waals surface area contributed by atoms with Crippen molar-refractivity contribution in [3.63, 3.8) is 0 Å². The average Bonchev–Trinajstić information content (AvgIpc) is 3.88. The van der Waals surface area contributed by atoms with Crippen molar-refractivity contribution in [3.8, 4) is 39.1 Å². The molecule has 0 aliphatic carbocycles. The fraction of sp³-hybridized carbons (Fsp3) is 0. The van der Waals surface area contributed by atoms with Crippen LogP contribution in [0.4, 0.5) is 17.1 Å². The molecule has 0 fully saturated rings. The SMILES string of the molecule is c1ccc(N(c2ccc(-c3ccccc3-n3c4ccccc4c4ccccc43)cc2)c2ccc(-c3cccc4oc5ccccc5c34)cc2)c(-c2ccc3ccccc3c2)c1. The highest BCUT2D eigenvalue weighted by molar-refractivity contribution is 6.13. The van der Waals surface area contributed by atoms with E-state index in [0.29, 0.717) is 0 Å². The molecule has 3 heteroatoms. The molecular formula is C58H38N2O. The van der Waals surface area contributed by atoms with E-state index in [-0.39, 0.29) is 0 Å². The normalized spacial score (nSPS) is 11.6. The van der Waals surface area contributed by atoms with Crippen LogP contribution in [-0.4, -0.2) is 4.57 Å².